The Labute approximate surface area is 106 Å². The molecular weight excluding hydrogens is 309 g/mol. The van der Waals surface area contributed by atoms with Gasteiger partial charge in [0.05, 0.1) is 21.7 Å². The van der Waals surface area contributed by atoms with Gasteiger partial charge in [0, 0.05) is 0 Å². The predicted octanol–water partition coefficient (Wildman–Crippen LogP) is 4.76. The molecule has 100 valence electrons. The van der Waals surface area contributed by atoms with E-state index in [1.165, 1.54) is 0 Å². The first-order chi connectivity index (χ1) is 7.96. The SMILES string of the molecule is O=C(Cl)c1ccc(C(F)(F)F)c(C(F)(F)F)c1Cl. The second kappa shape index (κ2) is 4.62. The van der Waals surface area contributed by atoms with Gasteiger partial charge in [-0.25, -0.2) is 0 Å². The monoisotopic (exact) mass is 310 g/mol. The summed E-state index contributed by atoms with van der Waals surface area (Å²) in [6.07, 6.45) is -10.6. The number of alkyl halides is 6. The van der Waals surface area contributed by atoms with Crippen LogP contribution in [-0.2, 0) is 12.4 Å². The van der Waals surface area contributed by atoms with E-state index in [1.54, 1.807) is 0 Å². The molecule has 0 unspecified atom stereocenters. The van der Waals surface area contributed by atoms with Crippen LogP contribution in [0.25, 0.3) is 0 Å². The second-order valence-corrected chi connectivity index (χ2v) is 3.84. The minimum absolute atomic E-state index is 0.115. The van der Waals surface area contributed by atoms with Crippen LogP contribution in [0.5, 0.6) is 0 Å². The summed E-state index contributed by atoms with van der Waals surface area (Å²) >= 11 is 10.1. The maximum atomic E-state index is 12.5. The zero-order chi connectivity index (χ0) is 14.3. The topological polar surface area (TPSA) is 17.1 Å². The van der Waals surface area contributed by atoms with Crippen LogP contribution in [0.4, 0.5) is 26.3 Å². The third kappa shape index (κ3) is 2.89. The molecule has 0 heterocycles. The summed E-state index contributed by atoms with van der Waals surface area (Å²) in [5, 5.41) is -2.74. The minimum Gasteiger partial charge on any atom is -0.276 e. The Kier molecular flexibility index (Phi) is 3.88. The minimum atomic E-state index is -5.36. The largest absolute Gasteiger partial charge is 0.418 e. The van der Waals surface area contributed by atoms with E-state index < -0.39 is 39.3 Å². The Balaban J connectivity index is 3.69. The highest BCUT2D eigenvalue weighted by molar-refractivity contribution is 6.68. The van der Waals surface area contributed by atoms with Crippen molar-refractivity contribution in [1.82, 2.24) is 0 Å². The van der Waals surface area contributed by atoms with E-state index in [-0.39, 0.29) is 6.07 Å². The van der Waals surface area contributed by atoms with Crippen LogP contribution in [0.2, 0.25) is 5.02 Å². The van der Waals surface area contributed by atoms with Crippen LogP contribution in [0.3, 0.4) is 0 Å². The molecule has 0 atom stereocenters. The molecule has 9 heteroatoms. The number of carbonyl (C=O) groups is 1. The molecule has 0 aliphatic rings. The summed E-state index contributed by atoms with van der Waals surface area (Å²) in [7, 11) is 0. The maximum absolute atomic E-state index is 12.5. The first kappa shape index (κ1) is 15.1. The lowest BCUT2D eigenvalue weighted by molar-refractivity contribution is -0.162. The summed E-state index contributed by atoms with van der Waals surface area (Å²) < 4.78 is 74.9. The lowest BCUT2D eigenvalue weighted by atomic mass is 10.0. The fourth-order valence-corrected chi connectivity index (χ4v) is 1.80. The molecule has 18 heavy (non-hydrogen) atoms. The number of carbonyl (C=O) groups excluding carboxylic acids is 1. The zero-order valence-corrected chi connectivity index (χ0v) is 9.60. The Morgan fingerprint density at radius 1 is 1.00 bits per heavy atom. The van der Waals surface area contributed by atoms with Crippen LogP contribution in [0, 0.1) is 0 Å². The van der Waals surface area contributed by atoms with Gasteiger partial charge in [-0.15, -0.1) is 0 Å². The lowest BCUT2D eigenvalue weighted by Gasteiger charge is -2.17. The van der Waals surface area contributed by atoms with E-state index in [9.17, 15) is 31.1 Å². The van der Waals surface area contributed by atoms with E-state index in [0.717, 1.165) is 0 Å². The van der Waals surface area contributed by atoms with Crippen molar-refractivity contribution in [3.05, 3.63) is 33.8 Å². The number of hydrogen-bond acceptors (Lipinski definition) is 1. The van der Waals surface area contributed by atoms with Gasteiger partial charge >= 0.3 is 12.4 Å². The van der Waals surface area contributed by atoms with Crippen molar-refractivity contribution in [3.63, 3.8) is 0 Å². The number of rotatable bonds is 1. The van der Waals surface area contributed by atoms with Crippen molar-refractivity contribution < 1.29 is 31.1 Å². The second-order valence-electron chi connectivity index (χ2n) is 3.12. The van der Waals surface area contributed by atoms with E-state index in [0.29, 0.717) is 6.07 Å². The van der Waals surface area contributed by atoms with Crippen molar-refractivity contribution in [1.29, 1.82) is 0 Å². The smallest absolute Gasteiger partial charge is 0.276 e. The van der Waals surface area contributed by atoms with Gasteiger partial charge in [-0.2, -0.15) is 26.3 Å². The van der Waals surface area contributed by atoms with Gasteiger partial charge in [0.25, 0.3) is 5.24 Å². The Bertz CT molecular complexity index is 491. The molecule has 0 fully saturated rings. The Hall–Kier alpha value is -0.950. The number of benzene rings is 1. The Morgan fingerprint density at radius 3 is 1.83 bits per heavy atom. The molecule has 1 aromatic carbocycles. The first-order valence-corrected chi connectivity index (χ1v) is 4.88. The van der Waals surface area contributed by atoms with Crippen LogP contribution < -0.4 is 0 Å². The molecule has 0 amide bonds. The fraction of sp³-hybridized carbons (Fsp3) is 0.222. The molecule has 1 nitrogen and oxygen atoms in total. The standard InChI is InChI=1S/C9H2Cl2F6O/c10-6-3(7(11)18)1-2-4(8(12,13)14)5(6)9(15,16)17/h1-2H. The van der Waals surface area contributed by atoms with Gasteiger partial charge < -0.3 is 0 Å². The third-order valence-electron chi connectivity index (χ3n) is 1.94. The van der Waals surface area contributed by atoms with E-state index in [2.05, 4.69) is 0 Å². The zero-order valence-electron chi connectivity index (χ0n) is 8.09. The third-order valence-corrected chi connectivity index (χ3v) is 2.54. The highest BCUT2D eigenvalue weighted by Gasteiger charge is 2.45. The van der Waals surface area contributed by atoms with Crippen molar-refractivity contribution in [2.45, 2.75) is 12.4 Å². The molecule has 0 radical (unpaired) electrons. The highest BCUT2D eigenvalue weighted by atomic mass is 35.5. The summed E-state index contributed by atoms with van der Waals surface area (Å²) in [6.45, 7) is 0. The van der Waals surface area contributed by atoms with E-state index in [1.807, 2.05) is 0 Å². The van der Waals surface area contributed by atoms with Gasteiger partial charge in [0.2, 0.25) is 0 Å². The molecule has 0 aliphatic carbocycles. The highest BCUT2D eigenvalue weighted by Crippen LogP contribution is 2.44. The quantitative estimate of drug-likeness (QED) is 0.540. The molecule has 0 spiro atoms. The average Bonchev–Trinajstić information content (AvgIpc) is 2.12. The molecule has 0 aliphatic heterocycles. The summed E-state index contributed by atoms with van der Waals surface area (Å²) in [5.74, 6) is 0. The fourth-order valence-electron chi connectivity index (χ4n) is 1.24. The molecule has 0 bridgehead atoms. The first-order valence-electron chi connectivity index (χ1n) is 4.13. The van der Waals surface area contributed by atoms with E-state index >= 15 is 0 Å². The van der Waals surface area contributed by atoms with Gasteiger partial charge in [-0.1, -0.05) is 11.6 Å². The van der Waals surface area contributed by atoms with Crippen molar-refractivity contribution in [2.24, 2.45) is 0 Å². The normalized spacial score (nSPS) is 12.7. The van der Waals surface area contributed by atoms with Crippen LogP contribution >= 0.6 is 23.2 Å². The van der Waals surface area contributed by atoms with Crippen molar-refractivity contribution in [2.75, 3.05) is 0 Å². The van der Waals surface area contributed by atoms with Crippen LogP contribution in [0.15, 0.2) is 12.1 Å². The summed E-state index contributed by atoms with van der Waals surface area (Å²) in [4.78, 5) is 10.7. The van der Waals surface area contributed by atoms with Crippen molar-refractivity contribution >= 4 is 28.4 Å². The molecular formula is C9H2Cl2F6O. The summed E-state index contributed by atoms with van der Waals surface area (Å²) in [6, 6.07) is 0.611. The molecule has 0 saturated carbocycles. The van der Waals surface area contributed by atoms with Gasteiger partial charge in [-0.05, 0) is 23.7 Å². The molecule has 0 aromatic heterocycles. The van der Waals surface area contributed by atoms with Crippen LogP contribution in [0.1, 0.15) is 21.5 Å². The van der Waals surface area contributed by atoms with Gasteiger partial charge in [0.15, 0.2) is 0 Å². The van der Waals surface area contributed by atoms with Gasteiger partial charge in [-0.3, -0.25) is 4.79 Å². The average molecular weight is 311 g/mol. The Morgan fingerprint density at radius 2 is 1.50 bits per heavy atom. The van der Waals surface area contributed by atoms with Crippen molar-refractivity contribution in [3.8, 4) is 0 Å². The molecule has 1 rings (SSSR count). The molecule has 0 N–H and O–H groups in total. The lowest BCUT2D eigenvalue weighted by Crippen LogP contribution is -2.18. The van der Waals surface area contributed by atoms with E-state index in [4.69, 9.17) is 23.2 Å². The molecule has 1 aromatic rings. The summed E-state index contributed by atoms with van der Waals surface area (Å²) in [5.41, 5.74) is -4.93. The van der Waals surface area contributed by atoms with Gasteiger partial charge in [0.1, 0.15) is 0 Å². The number of hydrogen-bond donors (Lipinski definition) is 0. The maximum Gasteiger partial charge on any atom is 0.418 e. The van der Waals surface area contributed by atoms with Crippen LogP contribution in [-0.4, -0.2) is 5.24 Å². The predicted molar refractivity (Wildman–Crippen MR) is 51.6 cm³/mol. The number of halogens is 8. The molecule has 0 saturated heterocycles.